The van der Waals surface area contributed by atoms with E-state index in [-0.39, 0.29) is 11.7 Å². The first-order valence-corrected chi connectivity index (χ1v) is 7.44. The average Bonchev–Trinajstić information content (AvgIpc) is 2.46. The van der Waals surface area contributed by atoms with Crippen molar-refractivity contribution in [3.05, 3.63) is 53.8 Å². The molecule has 0 spiro atoms. The average molecular weight is 304 g/mol. The molecule has 5 heteroatoms. The maximum atomic E-state index is 13.6. The summed E-state index contributed by atoms with van der Waals surface area (Å²) in [5, 5.41) is 2.41. The van der Waals surface area contributed by atoms with Gasteiger partial charge in [0.05, 0.1) is 5.25 Å². The fourth-order valence-electron chi connectivity index (χ4n) is 1.81. The van der Waals surface area contributed by atoms with Gasteiger partial charge in [-0.05, 0) is 43.7 Å². The van der Waals surface area contributed by atoms with E-state index in [0.717, 1.165) is 5.56 Å². The molecule has 0 heterocycles. The molecule has 0 radical (unpaired) electrons. The van der Waals surface area contributed by atoms with E-state index in [1.165, 1.54) is 17.8 Å². The van der Waals surface area contributed by atoms with Gasteiger partial charge in [-0.2, -0.15) is 0 Å². The van der Waals surface area contributed by atoms with Crippen LogP contribution >= 0.6 is 11.8 Å². The Bertz CT molecular complexity index is 660. The first kappa shape index (κ1) is 15.4. The summed E-state index contributed by atoms with van der Waals surface area (Å²) in [5.74, 6) is -0.501. The van der Waals surface area contributed by atoms with Crippen LogP contribution < -0.4 is 11.1 Å². The minimum absolute atomic E-state index is 0.183. The zero-order valence-electron chi connectivity index (χ0n) is 11.9. The van der Waals surface area contributed by atoms with Crippen LogP contribution in [0.2, 0.25) is 0 Å². The summed E-state index contributed by atoms with van der Waals surface area (Å²) in [6.07, 6.45) is 0. The number of nitrogen functional groups attached to an aromatic ring is 1. The van der Waals surface area contributed by atoms with Crippen molar-refractivity contribution in [3.8, 4) is 0 Å². The van der Waals surface area contributed by atoms with Crippen molar-refractivity contribution in [3.63, 3.8) is 0 Å². The fourth-order valence-corrected chi connectivity index (χ4v) is 2.69. The first-order valence-electron chi connectivity index (χ1n) is 6.56. The van der Waals surface area contributed by atoms with Gasteiger partial charge in [0.1, 0.15) is 5.82 Å². The van der Waals surface area contributed by atoms with Crippen molar-refractivity contribution in [1.29, 1.82) is 0 Å². The molecule has 1 unspecified atom stereocenters. The summed E-state index contributed by atoms with van der Waals surface area (Å²) in [5.41, 5.74) is 7.95. The number of anilines is 2. The molecule has 0 bridgehead atoms. The number of nitrogens with two attached hydrogens (primary N) is 1. The highest BCUT2D eigenvalue weighted by Crippen LogP contribution is 2.27. The summed E-state index contributed by atoms with van der Waals surface area (Å²) in [4.78, 5) is 12.7. The molecule has 2 aromatic rings. The maximum Gasteiger partial charge on any atom is 0.237 e. The zero-order valence-corrected chi connectivity index (χ0v) is 12.7. The molecule has 1 amide bonds. The number of carbonyl (C=O) groups is 1. The molecule has 0 aliphatic heterocycles. The lowest BCUT2D eigenvalue weighted by Crippen LogP contribution is -2.23. The third-order valence-electron chi connectivity index (χ3n) is 3.14. The van der Waals surface area contributed by atoms with Crippen LogP contribution in [0.5, 0.6) is 0 Å². The Morgan fingerprint density at radius 3 is 2.67 bits per heavy atom. The van der Waals surface area contributed by atoms with Gasteiger partial charge in [0.25, 0.3) is 0 Å². The Hall–Kier alpha value is -2.01. The number of carbonyl (C=O) groups excluding carboxylic acids is 1. The number of thioether (sulfide) groups is 1. The summed E-state index contributed by atoms with van der Waals surface area (Å²) in [6, 6.07) is 11.8. The highest BCUT2D eigenvalue weighted by Gasteiger charge is 2.17. The largest absolute Gasteiger partial charge is 0.398 e. The molecule has 2 aromatic carbocycles. The van der Waals surface area contributed by atoms with E-state index in [0.29, 0.717) is 16.3 Å². The van der Waals surface area contributed by atoms with Crippen LogP contribution in [-0.2, 0) is 4.79 Å². The second-order valence-corrected chi connectivity index (χ2v) is 6.08. The second-order valence-electron chi connectivity index (χ2n) is 4.70. The highest BCUT2D eigenvalue weighted by molar-refractivity contribution is 8.00. The Kier molecular flexibility index (Phi) is 4.85. The smallest absolute Gasteiger partial charge is 0.237 e. The van der Waals surface area contributed by atoms with Crippen molar-refractivity contribution < 1.29 is 9.18 Å². The van der Waals surface area contributed by atoms with E-state index in [9.17, 15) is 9.18 Å². The van der Waals surface area contributed by atoms with E-state index in [1.807, 2.05) is 6.92 Å². The molecule has 0 aliphatic carbocycles. The molecular weight excluding hydrogens is 287 g/mol. The maximum absolute atomic E-state index is 13.6. The molecule has 0 aromatic heterocycles. The quantitative estimate of drug-likeness (QED) is 0.666. The van der Waals surface area contributed by atoms with Crippen LogP contribution in [0.15, 0.2) is 47.4 Å². The molecule has 0 saturated carbocycles. The number of halogens is 1. The van der Waals surface area contributed by atoms with Crippen molar-refractivity contribution in [1.82, 2.24) is 0 Å². The Morgan fingerprint density at radius 2 is 1.95 bits per heavy atom. The third kappa shape index (κ3) is 3.76. The van der Waals surface area contributed by atoms with Gasteiger partial charge in [0.2, 0.25) is 5.91 Å². The summed E-state index contributed by atoms with van der Waals surface area (Å²) in [7, 11) is 0. The van der Waals surface area contributed by atoms with E-state index in [1.54, 1.807) is 43.3 Å². The minimum Gasteiger partial charge on any atom is -0.398 e. The van der Waals surface area contributed by atoms with Crippen LogP contribution in [0, 0.1) is 12.7 Å². The zero-order chi connectivity index (χ0) is 15.4. The fraction of sp³-hybridized carbons (Fsp3) is 0.188. The second kappa shape index (κ2) is 6.63. The van der Waals surface area contributed by atoms with Crippen LogP contribution in [0.4, 0.5) is 15.8 Å². The lowest BCUT2D eigenvalue weighted by molar-refractivity contribution is -0.115. The van der Waals surface area contributed by atoms with Crippen LogP contribution in [-0.4, -0.2) is 11.2 Å². The molecule has 2 rings (SSSR count). The van der Waals surface area contributed by atoms with Crippen molar-refractivity contribution in [2.75, 3.05) is 11.1 Å². The number of amides is 1. The van der Waals surface area contributed by atoms with Crippen molar-refractivity contribution in [2.24, 2.45) is 0 Å². The number of rotatable bonds is 4. The standard InChI is InChI=1S/C16H17FN2OS/c1-10-13(18)7-5-8-14(10)19-16(20)11(2)21-15-9-4-3-6-12(15)17/h3-9,11H,18H2,1-2H3,(H,19,20). The van der Waals surface area contributed by atoms with Crippen LogP contribution in [0.1, 0.15) is 12.5 Å². The van der Waals surface area contributed by atoms with E-state index < -0.39 is 5.25 Å². The topological polar surface area (TPSA) is 55.1 Å². The lowest BCUT2D eigenvalue weighted by atomic mass is 10.1. The summed E-state index contributed by atoms with van der Waals surface area (Å²) >= 11 is 1.19. The van der Waals surface area contributed by atoms with Gasteiger partial charge in [0.15, 0.2) is 0 Å². The lowest BCUT2D eigenvalue weighted by Gasteiger charge is -2.14. The molecule has 3 nitrogen and oxygen atoms in total. The molecule has 0 fully saturated rings. The highest BCUT2D eigenvalue weighted by atomic mass is 32.2. The Labute approximate surface area is 127 Å². The normalized spacial score (nSPS) is 12.0. The van der Waals surface area contributed by atoms with Crippen molar-refractivity contribution >= 4 is 29.0 Å². The Morgan fingerprint density at radius 1 is 1.24 bits per heavy atom. The van der Waals surface area contributed by atoms with Gasteiger partial charge >= 0.3 is 0 Å². The molecule has 1 atom stereocenters. The number of nitrogens with one attached hydrogen (secondary N) is 1. The number of benzene rings is 2. The van der Waals surface area contributed by atoms with Crippen LogP contribution in [0.3, 0.4) is 0 Å². The van der Waals surface area contributed by atoms with Gasteiger partial charge in [-0.1, -0.05) is 18.2 Å². The molecule has 3 N–H and O–H groups in total. The first-order chi connectivity index (χ1) is 9.99. The van der Waals surface area contributed by atoms with Gasteiger partial charge in [-0.3, -0.25) is 4.79 Å². The minimum atomic E-state index is -0.414. The predicted molar refractivity (Wildman–Crippen MR) is 85.9 cm³/mol. The van der Waals surface area contributed by atoms with E-state index in [2.05, 4.69) is 5.32 Å². The van der Waals surface area contributed by atoms with Crippen LogP contribution in [0.25, 0.3) is 0 Å². The summed E-state index contributed by atoms with van der Waals surface area (Å²) in [6.45, 7) is 3.59. The SMILES string of the molecule is Cc1c(N)cccc1NC(=O)C(C)Sc1ccccc1F. The summed E-state index contributed by atoms with van der Waals surface area (Å²) < 4.78 is 13.6. The van der Waals surface area contributed by atoms with Crippen molar-refractivity contribution in [2.45, 2.75) is 24.0 Å². The molecule has 110 valence electrons. The molecular formula is C16H17FN2OS. The molecule has 0 saturated heterocycles. The van der Waals surface area contributed by atoms with Gasteiger partial charge in [-0.15, -0.1) is 11.8 Å². The van der Waals surface area contributed by atoms with Gasteiger partial charge in [-0.25, -0.2) is 4.39 Å². The third-order valence-corrected chi connectivity index (χ3v) is 4.30. The van der Waals surface area contributed by atoms with E-state index in [4.69, 9.17) is 5.73 Å². The number of hydrogen-bond donors (Lipinski definition) is 2. The molecule has 21 heavy (non-hydrogen) atoms. The molecule has 0 aliphatic rings. The monoisotopic (exact) mass is 304 g/mol. The number of hydrogen-bond acceptors (Lipinski definition) is 3. The predicted octanol–water partition coefficient (Wildman–Crippen LogP) is 3.84. The van der Waals surface area contributed by atoms with E-state index >= 15 is 0 Å². The van der Waals surface area contributed by atoms with Gasteiger partial charge in [0, 0.05) is 16.3 Å². The Balaban J connectivity index is 2.06. The van der Waals surface area contributed by atoms with Gasteiger partial charge < -0.3 is 11.1 Å².